The van der Waals surface area contributed by atoms with Gasteiger partial charge in [-0.15, -0.1) is 24.0 Å². The molecule has 0 aromatic rings. The number of carbonyl (C=O) groups is 1. The maximum absolute atomic E-state index is 11.7. The molecule has 140 valence electrons. The molecule has 2 rings (SSSR count). The first-order chi connectivity index (χ1) is 11.2. The summed E-state index contributed by atoms with van der Waals surface area (Å²) in [5.74, 6) is 1.83. The van der Waals surface area contributed by atoms with E-state index in [1.54, 1.807) is 0 Å². The first-order valence-electron chi connectivity index (χ1n) is 9.13. The molecule has 1 amide bonds. The second kappa shape index (κ2) is 11.1. The number of guanidine groups is 1. The third kappa shape index (κ3) is 6.38. The predicted molar refractivity (Wildman–Crippen MR) is 110 cm³/mol. The van der Waals surface area contributed by atoms with E-state index in [2.05, 4.69) is 27.4 Å². The van der Waals surface area contributed by atoms with E-state index in [1.807, 2.05) is 18.9 Å². The van der Waals surface area contributed by atoms with Gasteiger partial charge in [0.1, 0.15) is 0 Å². The minimum Gasteiger partial charge on any atom is -0.356 e. The molecule has 0 aromatic heterocycles. The lowest BCUT2D eigenvalue weighted by atomic mass is 10.1. The number of likely N-dealkylation sites (tertiary alicyclic amines) is 2. The second-order valence-corrected chi connectivity index (χ2v) is 6.73. The van der Waals surface area contributed by atoms with Gasteiger partial charge >= 0.3 is 0 Å². The highest BCUT2D eigenvalue weighted by Gasteiger charge is 2.26. The van der Waals surface area contributed by atoms with Crippen LogP contribution in [0.5, 0.6) is 0 Å². The van der Waals surface area contributed by atoms with Crippen LogP contribution in [-0.4, -0.2) is 74.0 Å². The van der Waals surface area contributed by atoms with E-state index in [1.165, 1.54) is 32.5 Å². The van der Waals surface area contributed by atoms with E-state index in [4.69, 9.17) is 0 Å². The zero-order valence-corrected chi connectivity index (χ0v) is 17.7. The van der Waals surface area contributed by atoms with Gasteiger partial charge in [-0.05, 0) is 38.3 Å². The fraction of sp³-hybridized carbons (Fsp3) is 0.882. The number of halogens is 1. The van der Waals surface area contributed by atoms with E-state index in [-0.39, 0.29) is 29.9 Å². The van der Waals surface area contributed by atoms with Crippen molar-refractivity contribution >= 4 is 35.8 Å². The number of hydrogen-bond donors (Lipinski definition) is 2. The van der Waals surface area contributed by atoms with Crippen LogP contribution in [0, 0.1) is 5.92 Å². The smallest absolute Gasteiger partial charge is 0.222 e. The molecule has 2 atom stereocenters. The molecule has 0 aromatic carbocycles. The van der Waals surface area contributed by atoms with Crippen LogP contribution < -0.4 is 10.6 Å². The lowest BCUT2D eigenvalue weighted by Crippen LogP contribution is -2.46. The molecule has 2 aliphatic rings. The van der Waals surface area contributed by atoms with Gasteiger partial charge in [0.15, 0.2) is 5.96 Å². The van der Waals surface area contributed by atoms with E-state index < -0.39 is 0 Å². The minimum atomic E-state index is 0. The van der Waals surface area contributed by atoms with Crippen LogP contribution in [-0.2, 0) is 4.79 Å². The quantitative estimate of drug-likeness (QED) is 0.365. The largest absolute Gasteiger partial charge is 0.356 e. The Hall–Kier alpha value is -0.570. The number of hydrogen-bond acceptors (Lipinski definition) is 3. The van der Waals surface area contributed by atoms with Crippen LogP contribution in [0.3, 0.4) is 0 Å². The molecule has 7 heteroatoms. The molecular weight excluding hydrogens is 417 g/mol. The monoisotopic (exact) mass is 451 g/mol. The van der Waals surface area contributed by atoms with Gasteiger partial charge in [0.2, 0.25) is 5.91 Å². The van der Waals surface area contributed by atoms with Crippen molar-refractivity contribution in [3.8, 4) is 0 Å². The SMILES string of the molecule is CCCN1CCC(CNC(=NC)NC2CCN(C(=O)CC)C2)C1.I. The fourth-order valence-electron chi connectivity index (χ4n) is 3.56. The van der Waals surface area contributed by atoms with Crippen LogP contribution in [0.15, 0.2) is 4.99 Å². The summed E-state index contributed by atoms with van der Waals surface area (Å²) < 4.78 is 0. The standard InChI is InChI=1S/C17H33N5O.HI/c1-4-8-21-9-6-14(12-21)11-19-17(18-3)20-15-7-10-22(13-15)16(23)5-2;/h14-15H,4-13H2,1-3H3,(H2,18,19,20);1H. The van der Waals surface area contributed by atoms with Gasteiger partial charge in [0, 0.05) is 45.7 Å². The summed E-state index contributed by atoms with van der Waals surface area (Å²) in [6.45, 7) is 10.4. The number of rotatable bonds is 6. The molecule has 0 bridgehead atoms. The van der Waals surface area contributed by atoms with Crippen molar-refractivity contribution in [2.45, 2.75) is 45.6 Å². The summed E-state index contributed by atoms with van der Waals surface area (Å²) in [4.78, 5) is 20.6. The Morgan fingerprint density at radius 2 is 2.00 bits per heavy atom. The zero-order chi connectivity index (χ0) is 16.7. The Kier molecular flexibility index (Phi) is 9.95. The second-order valence-electron chi connectivity index (χ2n) is 6.73. The molecule has 0 aliphatic carbocycles. The fourth-order valence-corrected chi connectivity index (χ4v) is 3.56. The van der Waals surface area contributed by atoms with Crippen molar-refractivity contribution in [2.75, 3.05) is 46.3 Å². The summed E-state index contributed by atoms with van der Waals surface area (Å²) in [7, 11) is 1.82. The van der Waals surface area contributed by atoms with Gasteiger partial charge in [-0.3, -0.25) is 9.79 Å². The third-order valence-corrected chi connectivity index (χ3v) is 4.88. The van der Waals surface area contributed by atoms with E-state index in [0.717, 1.165) is 32.0 Å². The predicted octanol–water partition coefficient (Wildman–Crippen LogP) is 1.51. The van der Waals surface area contributed by atoms with Gasteiger partial charge in [-0.1, -0.05) is 13.8 Å². The minimum absolute atomic E-state index is 0. The normalized spacial score (nSPS) is 24.8. The Morgan fingerprint density at radius 1 is 1.21 bits per heavy atom. The number of nitrogens with zero attached hydrogens (tertiary/aromatic N) is 3. The molecule has 24 heavy (non-hydrogen) atoms. The third-order valence-electron chi connectivity index (χ3n) is 4.88. The molecule has 0 radical (unpaired) electrons. The number of aliphatic imine (C=N–C) groups is 1. The lowest BCUT2D eigenvalue weighted by molar-refractivity contribution is -0.129. The van der Waals surface area contributed by atoms with Crippen molar-refractivity contribution < 1.29 is 4.79 Å². The maximum atomic E-state index is 11.7. The highest BCUT2D eigenvalue weighted by Crippen LogP contribution is 2.15. The molecule has 2 unspecified atom stereocenters. The summed E-state index contributed by atoms with van der Waals surface area (Å²) in [6.07, 6.45) is 4.10. The molecule has 0 saturated carbocycles. The summed E-state index contributed by atoms with van der Waals surface area (Å²) in [5, 5.41) is 6.93. The first kappa shape index (κ1) is 21.5. The first-order valence-corrected chi connectivity index (χ1v) is 9.13. The molecule has 6 nitrogen and oxygen atoms in total. The van der Waals surface area contributed by atoms with Gasteiger partial charge < -0.3 is 20.4 Å². The summed E-state index contributed by atoms with van der Waals surface area (Å²) in [6, 6.07) is 0.317. The molecule has 2 N–H and O–H groups in total. The molecule has 2 fully saturated rings. The summed E-state index contributed by atoms with van der Waals surface area (Å²) >= 11 is 0. The Morgan fingerprint density at radius 3 is 2.67 bits per heavy atom. The average molecular weight is 451 g/mol. The average Bonchev–Trinajstić information content (AvgIpc) is 3.20. The van der Waals surface area contributed by atoms with E-state index >= 15 is 0 Å². The summed E-state index contributed by atoms with van der Waals surface area (Å²) in [5.41, 5.74) is 0. The highest BCUT2D eigenvalue weighted by molar-refractivity contribution is 14.0. The van der Waals surface area contributed by atoms with Crippen molar-refractivity contribution in [3.05, 3.63) is 0 Å². The Balaban J connectivity index is 0.00000288. The Bertz CT molecular complexity index is 418. The number of nitrogens with one attached hydrogen (secondary N) is 2. The number of carbonyl (C=O) groups excluding carboxylic acids is 1. The number of amides is 1. The topological polar surface area (TPSA) is 60.0 Å². The van der Waals surface area contributed by atoms with Gasteiger partial charge in [0.05, 0.1) is 0 Å². The van der Waals surface area contributed by atoms with Crippen LogP contribution in [0.2, 0.25) is 0 Å². The van der Waals surface area contributed by atoms with Gasteiger partial charge in [0.25, 0.3) is 0 Å². The van der Waals surface area contributed by atoms with Crippen molar-refractivity contribution in [1.29, 1.82) is 0 Å². The van der Waals surface area contributed by atoms with Crippen molar-refractivity contribution in [1.82, 2.24) is 20.4 Å². The van der Waals surface area contributed by atoms with Crippen LogP contribution in [0.25, 0.3) is 0 Å². The van der Waals surface area contributed by atoms with Crippen LogP contribution in [0.1, 0.15) is 39.5 Å². The van der Waals surface area contributed by atoms with Crippen LogP contribution in [0.4, 0.5) is 0 Å². The van der Waals surface area contributed by atoms with Crippen molar-refractivity contribution in [3.63, 3.8) is 0 Å². The molecule has 2 aliphatic heterocycles. The van der Waals surface area contributed by atoms with Gasteiger partial charge in [-0.2, -0.15) is 0 Å². The Labute approximate surface area is 163 Å². The van der Waals surface area contributed by atoms with E-state index in [0.29, 0.717) is 18.4 Å². The lowest BCUT2D eigenvalue weighted by Gasteiger charge is -2.20. The highest BCUT2D eigenvalue weighted by atomic mass is 127. The maximum Gasteiger partial charge on any atom is 0.222 e. The zero-order valence-electron chi connectivity index (χ0n) is 15.4. The van der Waals surface area contributed by atoms with Crippen LogP contribution >= 0.6 is 24.0 Å². The van der Waals surface area contributed by atoms with Crippen molar-refractivity contribution in [2.24, 2.45) is 10.9 Å². The molecule has 0 spiro atoms. The molecular formula is C17H34IN5O. The van der Waals surface area contributed by atoms with Gasteiger partial charge in [-0.25, -0.2) is 0 Å². The molecule has 2 saturated heterocycles. The van der Waals surface area contributed by atoms with E-state index in [9.17, 15) is 4.79 Å². The molecule has 2 heterocycles.